The number of piperidine rings is 1. The number of aryl methyl sites for hydroxylation is 1. The predicted molar refractivity (Wildman–Crippen MR) is 109 cm³/mol. The van der Waals surface area contributed by atoms with Gasteiger partial charge in [-0.1, -0.05) is 20.8 Å². The van der Waals surface area contributed by atoms with Crippen molar-refractivity contribution in [3.05, 3.63) is 17.5 Å². The van der Waals surface area contributed by atoms with Gasteiger partial charge in [0.1, 0.15) is 5.54 Å². The van der Waals surface area contributed by atoms with Gasteiger partial charge in [-0.2, -0.15) is 5.10 Å². The van der Waals surface area contributed by atoms with Gasteiger partial charge in [0.05, 0.1) is 11.8 Å². The Morgan fingerprint density at radius 2 is 1.86 bits per heavy atom. The highest BCUT2D eigenvalue weighted by Crippen LogP contribution is 2.38. The Balaban J connectivity index is 1.80. The van der Waals surface area contributed by atoms with Crippen molar-refractivity contribution in [2.75, 3.05) is 26.2 Å². The Hall–Kier alpha value is -2.38. The molecule has 0 atom stereocenters. The minimum absolute atomic E-state index is 0.0466. The number of nitrogens with zero attached hydrogens (tertiary/aromatic N) is 5. The molecule has 0 saturated carbocycles. The monoisotopic (exact) mass is 403 g/mol. The molecule has 0 bridgehead atoms. The number of hydrogen-bond acceptors (Lipinski definition) is 4. The highest BCUT2D eigenvalue weighted by molar-refractivity contribution is 6.07. The van der Waals surface area contributed by atoms with Crippen LogP contribution in [0.3, 0.4) is 0 Å². The molecule has 8 nitrogen and oxygen atoms in total. The molecule has 3 rings (SSSR count). The van der Waals surface area contributed by atoms with Crippen LogP contribution in [0.25, 0.3) is 0 Å². The fourth-order valence-electron chi connectivity index (χ4n) is 4.53. The van der Waals surface area contributed by atoms with E-state index in [1.807, 2.05) is 25.5 Å². The smallest absolute Gasteiger partial charge is 0.327 e. The number of urea groups is 1. The van der Waals surface area contributed by atoms with Crippen molar-refractivity contribution in [2.24, 2.45) is 5.92 Å². The lowest BCUT2D eigenvalue weighted by Gasteiger charge is -2.42. The molecule has 29 heavy (non-hydrogen) atoms. The van der Waals surface area contributed by atoms with Gasteiger partial charge >= 0.3 is 6.03 Å². The lowest BCUT2D eigenvalue weighted by atomic mass is 9.85. The zero-order valence-corrected chi connectivity index (χ0v) is 18.3. The van der Waals surface area contributed by atoms with Crippen LogP contribution < -0.4 is 0 Å². The third-order valence-electron chi connectivity index (χ3n) is 6.13. The van der Waals surface area contributed by atoms with Crippen molar-refractivity contribution in [1.29, 1.82) is 0 Å². The van der Waals surface area contributed by atoms with Gasteiger partial charge < -0.3 is 9.80 Å². The van der Waals surface area contributed by atoms with Crippen LogP contribution in [0.1, 0.15) is 63.0 Å². The predicted octanol–water partition coefficient (Wildman–Crippen LogP) is 2.52. The van der Waals surface area contributed by atoms with Crippen molar-refractivity contribution in [3.8, 4) is 0 Å². The van der Waals surface area contributed by atoms with E-state index < -0.39 is 5.54 Å². The van der Waals surface area contributed by atoms with E-state index in [4.69, 9.17) is 0 Å². The Labute approximate surface area is 172 Å². The maximum absolute atomic E-state index is 13.3. The number of amides is 4. The first-order chi connectivity index (χ1) is 13.8. The summed E-state index contributed by atoms with van der Waals surface area (Å²) in [6.45, 7) is 12.6. The quantitative estimate of drug-likeness (QED) is 0.684. The molecule has 1 aromatic heterocycles. The van der Waals surface area contributed by atoms with E-state index in [2.05, 4.69) is 18.9 Å². The molecule has 2 aliphatic heterocycles. The van der Waals surface area contributed by atoms with Crippen LogP contribution >= 0.6 is 0 Å². The second-order valence-electron chi connectivity index (χ2n) is 8.53. The van der Waals surface area contributed by atoms with E-state index in [0.29, 0.717) is 44.6 Å². The minimum Gasteiger partial charge on any atom is -0.338 e. The number of carbonyl (C=O) groups excluding carboxylic acids is 3. The standard InChI is InChI=1S/C21H33N5O3/c1-6-10-24-19(28)21(25(20(24)29)14-15(3)4)8-11-23(12-9-21)18(27)17-13-22-26(7-2)16(17)5/h13,15H,6-12,14H2,1-5H3. The average Bonchev–Trinajstić information content (AvgIpc) is 3.15. The van der Waals surface area contributed by atoms with E-state index in [-0.39, 0.29) is 23.8 Å². The van der Waals surface area contributed by atoms with Gasteiger partial charge in [0.15, 0.2) is 0 Å². The Kier molecular flexibility index (Phi) is 6.00. The molecule has 0 N–H and O–H groups in total. The highest BCUT2D eigenvalue weighted by atomic mass is 16.2. The van der Waals surface area contributed by atoms with E-state index in [1.165, 1.54) is 4.90 Å². The first-order valence-corrected chi connectivity index (χ1v) is 10.7. The van der Waals surface area contributed by atoms with Crippen molar-refractivity contribution in [3.63, 3.8) is 0 Å². The van der Waals surface area contributed by atoms with Crippen molar-refractivity contribution in [1.82, 2.24) is 24.5 Å². The highest BCUT2D eigenvalue weighted by Gasteiger charge is 2.57. The van der Waals surface area contributed by atoms with Crippen LogP contribution in [0.5, 0.6) is 0 Å². The van der Waals surface area contributed by atoms with Gasteiger partial charge in [-0.15, -0.1) is 0 Å². The molecule has 0 aliphatic carbocycles. The number of likely N-dealkylation sites (tertiary alicyclic amines) is 1. The molecule has 1 spiro atoms. The Bertz CT molecular complexity index is 792. The average molecular weight is 404 g/mol. The van der Waals surface area contributed by atoms with Crippen LogP contribution in [0.4, 0.5) is 4.79 Å². The van der Waals surface area contributed by atoms with Gasteiger partial charge in [0.25, 0.3) is 11.8 Å². The van der Waals surface area contributed by atoms with E-state index in [9.17, 15) is 14.4 Å². The largest absolute Gasteiger partial charge is 0.338 e. The summed E-state index contributed by atoms with van der Waals surface area (Å²) < 4.78 is 1.81. The van der Waals surface area contributed by atoms with Crippen molar-refractivity contribution in [2.45, 2.75) is 66.0 Å². The summed E-state index contributed by atoms with van der Waals surface area (Å²) in [6, 6.07) is -0.176. The fourth-order valence-corrected chi connectivity index (χ4v) is 4.53. The van der Waals surface area contributed by atoms with Crippen LogP contribution in [0.2, 0.25) is 0 Å². The first kappa shape index (κ1) is 21.3. The lowest BCUT2D eigenvalue weighted by Crippen LogP contribution is -2.58. The fraction of sp³-hybridized carbons (Fsp3) is 0.714. The Morgan fingerprint density at radius 1 is 1.21 bits per heavy atom. The molecule has 0 unspecified atom stereocenters. The molecule has 0 aromatic carbocycles. The number of carbonyl (C=O) groups is 3. The maximum Gasteiger partial charge on any atom is 0.327 e. The first-order valence-electron chi connectivity index (χ1n) is 10.7. The van der Waals surface area contributed by atoms with Crippen molar-refractivity contribution < 1.29 is 14.4 Å². The number of rotatable bonds is 6. The summed E-state index contributed by atoms with van der Waals surface area (Å²) in [7, 11) is 0. The summed E-state index contributed by atoms with van der Waals surface area (Å²) >= 11 is 0. The molecular formula is C21H33N5O3. The topological polar surface area (TPSA) is 78.8 Å². The summed E-state index contributed by atoms with van der Waals surface area (Å²) in [4.78, 5) is 44.2. The van der Waals surface area contributed by atoms with Crippen molar-refractivity contribution >= 4 is 17.8 Å². The van der Waals surface area contributed by atoms with Gasteiger partial charge in [-0.25, -0.2) is 4.79 Å². The van der Waals surface area contributed by atoms with Crippen LogP contribution in [-0.2, 0) is 11.3 Å². The van der Waals surface area contributed by atoms with Crippen LogP contribution in [0, 0.1) is 12.8 Å². The molecule has 2 fully saturated rings. The van der Waals surface area contributed by atoms with Crippen LogP contribution in [0.15, 0.2) is 6.20 Å². The summed E-state index contributed by atoms with van der Waals surface area (Å²) in [5.41, 5.74) is 0.666. The third-order valence-corrected chi connectivity index (χ3v) is 6.13. The SMILES string of the molecule is CCCN1C(=O)N(CC(C)C)C2(CCN(C(=O)c3cnn(CC)c3C)CC2)C1=O. The van der Waals surface area contributed by atoms with E-state index >= 15 is 0 Å². The van der Waals surface area contributed by atoms with Crippen LogP contribution in [-0.4, -0.2) is 74.0 Å². The summed E-state index contributed by atoms with van der Waals surface area (Å²) in [5, 5.41) is 4.27. The molecule has 8 heteroatoms. The molecule has 2 saturated heterocycles. The zero-order valence-electron chi connectivity index (χ0n) is 18.3. The number of imide groups is 1. The van der Waals surface area contributed by atoms with E-state index in [0.717, 1.165) is 18.7 Å². The van der Waals surface area contributed by atoms with E-state index in [1.54, 1.807) is 16.0 Å². The molecular weight excluding hydrogens is 370 g/mol. The lowest BCUT2D eigenvalue weighted by molar-refractivity contribution is -0.135. The van der Waals surface area contributed by atoms with Gasteiger partial charge in [0, 0.05) is 38.4 Å². The maximum atomic E-state index is 13.3. The summed E-state index contributed by atoms with van der Waals surface area (Å²) in [6.07, 6.45) is 3.34. The normalized spacial score (nSPS) is 19.2. The molecule has 4 amide bonds. The van der Waals surface area contributed by atoms with Gasteiger partial charge in [-0.05, 0) is 39.0 Å². The molecule has 2 aliphatic rings. The zero-order chi connectivity index (χ0) is 21.3. The molecule has 0 radical (unpaired) electrons. The molecule has 3 heterocycles. The summed E-state index contributed by atoms with van der Waals surface area (Å²) in [5.74, 6) is 0.133. The second-order valence-corrected chi connectivity index (χ2v) is 8.53. The minimum atomic E-state index is -0.810. The number of aromatic nitrogens is 2. The third kappa shape index (κ3) is 3.53. The molecule has 1 aromatic rings. The number of hydrogen-bond donors (Lipinski definition) is 0. The second kappa shape index (κ2) is 8.16. The van der Waals surface area contributed by atoms with Gasteiger partial charge in [-0.3, -0.25) is 19.2 Å². The van der Waals surface area contributed by atoms with Gasteiger partial charge in [0.2, 0.25) is 0 Å². The Morgan fingerprint density at radius 3 is 2.38 bits per heavy atom. The molecule has 160 valence electrons.